The number of nitrogens with two attached hydrogens (primary N) is 2. The van der Waals surface area contributed by atoms with Crippen LogP contribution in [0.3, 0.4) is 0 Å². The van der Waals surface area contributed by atoms with Crippen LogP contribution in [0, 0.1) is 6.92 Å². The Labute approximate surface area is 227 Å². The smallest absolute Gasteiger partial charge is 0.406 e. The van der Waals surface area contributed by atoms with Crippen LogP contribution < -0.4 is 21.3 Å². The lowest BCUT2D eigenvalue weighted by molar-refractivity contribution is -0.274. The van der Waals surface area contributed by atoms with Crippen LogP contribution in [-0.2, 0) is 9.84 Å². The number of alkyl halides is 3. The van der Waals surface area contributed by atoms with Crippen molar-refractivity contribution in [1.29, 1.82) is 0 Å². The van der Waals surface area contributed by atoms with Crippen molar-refractivity contribution in [2.75, 3.05) is 11.3 Å². The van der Waals surface area contributed by atoms with E-state index < -0.39 is 21.9 Å². The molecule has 0 fully saturated rings. The fourth-order valence-corrected chi connectivity index (χ4v) is 4.85. The molecular formula is C26H23ClF3N5O3S. The Hall–Kier alpha value is -4.00. The Bertz CT molecular complexity index is 1650. The first-order valence-corrected chi connectivity index (χ1v) is 13.5. The minimum absolute atomic E-state index is 0.149. The second kappa shape index (κ2) is 10.6. The lowest BCUT2D eigenvalue weighted by Crippen LogP contribution is -2.31. The number of halogens is 4. The average Bonchev–Trinajstić information content (AvgIpc) is 3.21. The summed E-state index contributed by atoms with van der Waals surface area (Å²) in [6, 6.07) is 16.8. The minimum atomic E-state index is -4.83. The molecule has 4 rings (SSSR count). The molecule has 0 amide bonds. The number of rotatable bonds is 7. The van der Waals surface area contributed by atoms with Crippen LogP contribution in [0.4, 0.5) is 18.9 Å². The van der Waals surface area contributed by atoms with Gasteiger partial charge in [0.1, 0.15) is 16.7 Å². The van der Waals surface area contributed by atoms with Crippen LogP contribution in [0.2, 0.25) is 5.15 Å². The van der Waals surface area contributed by atoms with E-state index in [1.54, 1.807) is 54.1 Å². The van der Waals surface area contributed by atoms with Gasteiger partial charge >= 0.3 is 6.36 Å². The van der Waals surface area contributed by atoms with E-state index in [4.69, 9.17) is 23.2 Å². The molecule has 1 aromatic heterocycles. The molecule has 0 aliphatic heterocycles. The van der Waals surface area contributed by atoms with E-state index >= 15 is 0 Å². The number of aromatic nitrogens is 2. The zero-order valence-corrected chi connectivity index (χ0v) is 22.2. The Balaban J connectivity index is 1.83. The number of anilines is 1. The van der Waals surface area contributed by atoms with Gasteiger partial charge in [-0.15, -0.1) is 13.2 Å². The molecule has 204 valence electrons. The van der Waals surface area contributed by atoms with Gasteiger partial charge in [-0.05, 0) is 66.6 Å². The third-order valence-electron chi connectivity index (χ3n) is 5.74. The summed E-state index contributed by atoms with van der Waals surface area (Å²) in [5, 5.41) is 1.52. The van der Waals surface area contributed by atoms with Crippen molar-refractivity contribution in [1.82, 2.24) is 9.55 Å². The van der Waals surface area contributed by atoms with Gasteiger partial charge < -0.3 is 15.0 Å². The van der Waals surface area contributed by atoms with Gasteiger partial charge in [-0.3, -0.25) is 5.01 Å². The largest absolute Gasteiger partial charge is 0.573 e. The summed E-state index contributed by atoms with van der Waals surface area (Å²) in [6.45, 7) is 1.75. The van der Waals surface area contributed by atoms with Crippen LogP contribution in [0.1, 0.15) is 11.4 Å². The summed E-state index contributed by atoms with van der Waals surface area (Å²) in [6.07, 6.45) is -0.893. The van der Waals surface area contributed by atoms with E-state index in [9.17, 15) is 21.6 Å². The number of hydrogen-bond donors (Lipinski definition) is 2. The Morgan fingerprint density at radius 3 is 2.31 bits per heavy atom. The maximum atomic E-state index is 12.6. The second-order valence-corrected chi connectivity index (χ2v) is 10.9. The SMILES string of the molecule is Cc1nc(Cl)cn1-c1ccc(-c2cccc(S(C)(=O)=O)c2)cc1N(N)/C(=C\N)c1ccc(OC(F)(F)F)cc1. The molecule has 4 aromatic rings. The summed E-state index contributed by atoms with van der Waals surface area (Å²) in [5.74, 6) is 6.74. The number of sulfone groups is 1. The molecule has 8 nitrogen and oxygen atoms in total. The standard InChI is InChI=1S/C26H23ClF3N5O3S/c1-16-33-25(27)15-34(16)22-11-8-19(18-4-3-5-21(12-18)39(2,36)37)13-23(22)35(32)24(14-31)17-6-9-20(10-7-17)38-26(28,29)30/h3-15H,31-32H2,1-2H3/b24-14-. The van der Waals surface area contributed by atoms with E-state index in [2.05, 4.69) is 9.72 Å². The zero-order valence-electron chi connectivity index (χ0n) is 20.6. The van der Waals surface area contributed by atoms with Gasteiger partial charge in [-0.25, -0.2) is 19.2 Å². The first-order chi connectivity index (χ1) is 18.3. The van der Waals surface area contributed by atoms with E-state index in [1.165, 1.54) is 29.4 Å². The second-order valence-electron chi connectivity index (χ2n) is 8.48. The predicted octanol–water partition coefficient (Wildman–Crippen LogP) is 5.44. The van der Waals surface area contributed by atoms with Crippen LogP contribution in [0.5, 0.6) is 5.75 Å². The van der Waals surface area contributed by atoms with Gasteiger partial charge in [-0.2, -0.15) is 0 Å². The topological polar surface area (TPSA) is 116 Å². The number of ether oxygens (including phenoxy) is 1. The molecule has 4 N–H and O–H groups in total. The molecule has 0 saturated heterocycles. The molecule has 0 spiro atoms. The lowest BCUT2D eigenvalue weighted by atomic mass is 10.0. The van der Waals surface area contributed by atoms with Crippen molar-refractivity contribution < 1.29 is 26.3 Å². The third-order valence-corrected chi connectivity index (χ3v) is 7.04. The zero-order chi connectivity index (χ0) is 28.5. The van der Waals surface area contributed by atoms with Gasteiger partial charge in [0, 0.05) is 24.2 Å². The van der Waals surface area contributed by atoms with Crippen LogP contribution in [0.25, 0.3) is 22.5 Å². The minimum Gasteiger partial charge on any atom is -0.406 e. The molecule has 39 heavy (non-hydrogen) atoms. The van der Waals surface area contributed by atoms with Gasteiger partial charge in [0.15, 0.2) is 9.84 Å². The highest BCUT2D eigenvalue weighted by molar-refractivity contribution is 7.90. The van der Waals surface area contributed by atoms with Crippen LogP contribution >= 0.6 is 11.6 Å². The molecule has 0 radical (unpaired) electrons. The van der Waals surface area contributed by atoms with Gasteiger partial charge in [0.2, 0.25) is 0 Å². The summed E-state index contributed by atoms with van der Waals surface area (Å²) in [7, 11) is -3.45. The highest BCUT2D eigenvalue weighted by atomic mass is 35.5. The van der Waals surface area contributed by atoms with Crippen molar-refractivity contribution in [2.24, 2.45) is 11.6 Å². The van der Waals surface area contributed by atoms with E-state index in [-0.39, 0.29) is 15.7 Å². The number of aryl methyl sites for hydroxylation is 1. The fourth-order valence-electron chi connectivity index (χ4n) is 3.96. The molecule has 3 aromatic carbocycles. The molecule has 13 heteroatoms. The number of imidazole rings is 1. The summed E-state index contributed by atoms with van der Waals surface area (Å²) in [5.41, 5.74) is 8.83. The molecule has 0 aliphatic carbocycles. The van der Waals surface area contributed by atoms with Crippen molar-refractivity contribution >= 4 is 32.8 Å². The van der Waals surface area contributed by atoms with Crippen molar-refractivity contribution in [2.45, 2.75) is 18.2 Å². The van der Waals surface area contributed by atoms with E-state index in [1.807, 2.05) is 0 Å². The average molecular weight is 578 g/mol. The van der Waals surface area contributed by atoms with Gasteiger partial charge in [0.25, 0.3) is 0 Å². The molecule has 0 bridgehead atoms. The first-order valence-electron chi connectivity index (χ1n) is 11.3. The number of benzene rings is 3. The quantitative estimate of drug-likeness (QED) is 0.222. The van der Waals surface area contributed by atoms with Gasteiger partial charge in [-0.1, -0.05) is 29.8 Å². The molecule has 1 heterocycles. The van der Waals surface area contributed by atoms with Crippen molar-refractivity contribution in [3.05, 3.63) is 95.7 Å². The predicted molar refractivity (Wildman–Crippen MR) is 144 cm³/mol. The van der Waals surface area contributed by atoms with Crippen LogP contribution in [0.15, 0.2) is 84.0 Å². The monoisotopic (exact) mass is 577 g/mol. The van der Waals surface area contributed by atoms with Crippen molar-refractivity contribution in [3.63, 3.8) is 0 Å². The van der Waals surface area contributed by atoms with Gasteiger partial charge in [0.05, 0.1) is 22.0 Å². The molecule has 0 atom stereocenters. The normalized spacial score (nSPS) is 12.4. The van der Waals surface area contributed by atoms with Crippen molar-refractivity contribution in [3.8, 4) is 22.6 Å². The molecule has 0 saturated carbocycles. The lowest BCUT2D eigenvalue weighted by Gasteiger charge is -2.26. The number of hydrogen-bond acceptors (Lipinski definition) is 7. The van der Waals surface area contributed by atoms with E-state index in [0.717, 1.165) is 18.4 Å². The van der Waals surface area contributed by atoms with Crippen LogP contribution in [-0.4, -0.2) is 30.6 Å². The number of hydrazine groups is 1. The highest BCUT2D eigenvalue weighted by Crippen LogP contribution is 2.35. The number of nitrogens with zero attached hydrogens (tertiary/aromatic N) is 3. The maximum Gasteiger partial charge on any atom is 0.573 e. The Morgan fingerprint density at radius 1 is 1.08 bits per heavy atom. The molecule has 0 aliphatic rings. The Kier molecular flexibility index (Phi) is 7.64. The summed E-state index contributed by atoms with van der Waals surface area (Å²) < 4.78 is 67.7. The maximum absolute atomic E-state index is 12.6. The fraction of sp³-hybridized carbons (Fsp3) is 0.115. The van der Waals surface area contributed by atoms with E-state index in [0.29, 0.717) is 33.9 Å². The Morgan fingerprint density at radius 2 is 1.74 bits per heavy atom. The molecule has 0 unspecified atom stereocenters. The highest BCUT2D eigenvalue weighted by Gasteiger charge is 2.31. The first kappa shape index (κ1) is 28.0. The third kappa shape index (κ3) is 6.36. The molecular weight excluding hydrogens is 555 g/mol. The summed E-state index contributed by atoms with van der Waals surface area (Å²) >= 11 is 6.12. The summed E-state index contributed by atoms with van der Waals surface area (Å²) in [4.78, 5) is 4.38.